The molecule has 1 atom stereocenters. The molecule has 1 amide bonds. The van der Waals surface area contributed by atoms with Gasteiger partial charge >= 0.3 is 5.97 Å². The topological polar surface area (TPSA) is 87.7 Å². The molecule has 1 saturated heterocycles. The molecule has 0 radical (unpaired) electrons. The van der Waals surface area contributed by atoms with Crippen LogP contribution in [0.2, 0.25) is 0 Å². The summed E-state index contributed by atoms with van der Waals surface area (Å²) in [6, 6.07) is 0. The van der Waals surface area contributed by atoms with Crippen LogP contribution in [0.15, 0.2) is 0 Å². The summed E-state index contributed by atoms with van der Waals surface area (Å²) < 4.78 is 5.27. The highest BCUT2D eigenvalue weighted by Crippen LogP contribution is 2.09. The predicted octanol–water partition coefficient (Wildman–Crippen LogP) is -0.656. The third-order valence-electron chi connectivity index (χ3n) is 2.27. The third kappa shape index (κ3) is 4.16. The van der Waals surface area contributed by atoms with Crippen LogP contribution in [0.5, 0.6) is 0 Å². The van der Waals surface area contributed by atoms with Gasteiger partial charge in [0.2, 0.25) is 0 Å². The molecule has 6 nitrogen and oxygen atoms in total. The highest BCUT2D eigenvalue weighted by atomic mass is 16.5. The summed E-state index contributed by atoms with van der Waals surface area (Å²) in [5, 5.41) is 14.4. The van der Waals surface area contributed by atoms with Gasteiger partial charge < -0.3 is 20.5 Å². The van der Waals surface area contributed by atoms with Crippen LogP contribution in [0.4, 0.5) is 0 Å². The van der Waals surface area contributed by atoms with Gasteiger partial charge in [0.15, 0.2) is 0 Å². The van der Waals surface area contributed by atoms with E-state index in [1.54, 1.807) is 13.8 Å². The molecule has 0 aliphatic carbocycles. The van der Waals surface area contributed by atoms with Crippen molar-refractivity contribution >= 4 is 11.9 Å². The Bertz CT molecular complexity index is 272. The maximum atomic E-state index is 11.7. The molecule has 1 aliphatic rings. The van der Waals surface area contributed by atoms with Crippen molar-refractivity contribution in [1.82, 2.24) is 10.6 Å². The second kappa shape index (κ2) is 5.27. The molecule has 1 rings (SSSR count). The number of carbonyl (C=O) groups is 2. The highest BCUT2D eigenvalue weighted by Gasteiger charge is 2.29. The van der Waals surface area contributed by atoms with Crippen molar-refractivity contribution in [1.29, 1.82) is 0 Å². The van der Waals surface area contributed by atoms with Crippen LogP contribution in [0.25, 0.3) is 0 Å². The second-order valence-electron chi connectivity index (χ2n) is 4.51. The van der Waals surface area contributed by atoms with Crippen molar-refractivity contribution in [3.8, 4) is 0 Å². The summed E-state index contributed by atoms with van der Waals surface area (Å²) in [7, 11) is 0. The summed E-state index contributed by atoms with van der Waals surface area (Å²) >= 11 is 0. The SMILES string of the molecule is CC(C)(CC(=O)O)NC(=O)C1CNCCO1. The molecule has 0 saturated carbocycles. The molecule has 0 aromatic rings. The fourth-order valence-corrected chi connectivity index (χ4v) is 1.57. The van der Waals surface area contributed by atoms with Crippen molar-refractivity contribution < 1.29 is 19.4 Å². The van der Waals surface area contributed by atoms with Gasteiger partial charge in [0.05, 0.1) is 13.0 Å². The first-order chi connectivity index (χ1) is 7.41. The largest absolute Gasteiger partial charge is 0.481 e. The molecule has 0 bridgehead atoms. The van der Waals surface area contributed by atoms with Crippen LogP contribution < -0.4 is 10.6 Å². The lowest BCUT2D eigenvalue weighted by atomic mass is 10.0. The first-order valence-electron chi connectivity index (χ1n) is 5.27. The zero-order chi connectivity index (χ0) is 12.2. The smallest absolute Gasteiger partial charge is 0.305 e. The number of carboxylic acid groups (broad SMARTS) is 1. The fourth-order valence-electron chi connectivity index (χ4n) is 1.57. The van der Waals surface area contributed by atoms with Crippen molar-refractivity contribution in [2.45, 2.75) is 31.9 Å². The summed E-state index contributed by atoms with van der Waals surface area (Å²) in [6.07, 6.45) is -0.638. The van der Waals surface area contributed by atoms with E-state index in [0.717, 1.165) is 6.54 Å². The quantitative estimate of drug-likeness (QED) is 0.597. The molecule has 0 spiro atoms. The summed E-state index contributed by atoms with van der Waals surface area (Å²) in [5.74, 6) is -1.20. The van der Waals surface area contributed by atoms with Crippen LogP contribution in [0.3, 0.4) is 0 Å². The lowest BCUT2D eigenvalue weighted by molar-refractivity contribution is -0.140. The van der Waals surface area contributed by atoms with Gasteiger partial charge in [0.25, 0.3) is 5.91 Å². The Morgan fingerprint density at radius 1 is 1.56 bits per heavy atom. The molecule has 1 fully saturated rings. The molecular formula is C10H18N2O4. The molecule has 16 heavy (non-hydrogen) atoms. The Hall–Kier alpha value is -1.14. The normalized spacial score (nSPS) is 21.5. The van der Waals surface area contributed by atoms with Gasteiger partial charge in [-0.1, -0.05) is 0 Å². The average molecular weight is 230 g/mol. The molecule has 6 heteroatoms. The van der Waals surface area contributed by atoms with E-state index in [1.165, 1.54) is 0 Å². The minimum absolute atomic E-state index is 0.112. The number of nitrogens with one attached hydrogen (secondary N) is 2. The van der Waals surface area contributed by atoms with Gasteiger partial charge in [0.1, 0.15) is 6.10 Å². The van der Waals surface area contributed by atoms with E-state index in [1.807, 2.05) is 0 Å². The zero-order valence-corrected chi connectivity index (χ0v) is 9.58. The first-order valence-corrected chi connectivity index (χ1v) is 5.27. The minimum Gasteiger partial charge on any atom is -0.481 e. The lowest BCUT2D eigenvalue weighted by Crippen LogP contribution is -2.54. The van der Waals surface area contributed by atoms with E-state index >= 15 is 0 Å². The first kappa shape index (κ1) is 12.9. The summed E-state index contributed by atoms with van der Waals surface area (Å²) in [4.78, 5) is 22.3. The Kier molecular flexibility index (Phi) is 4.26. The standard InChI is InChI=1S/C10H18N2O4/c1-10(2,5-8(13)14)12-9(15)7-6-11-3-4-16-7/h7,11H,3-6H2,1-2H3,(H,12,15)(H,13,14). The van der Waals surface area contributed by atoms with Crippen LogP contribution in [0, 0.1) is 0 Å². The van der Waals surface area contributed by atoms with Crippen molar-refractivity contribution in [2.24, 2.45) is 0 Å². The van der Waals surface area contributed by atoms with E-state index in [2.05, 4.69) is 10.6 Å². The third-order valence-corrected chi connectivity index (χ3v) is 2.27. The number of amides is 1. The zero-order valence-electron chi connectivity index (χ0n) is 9.58. The molecule has 3 N–H and O–H groups in total. The summed E-state index contributed by atoms with van der Waals surface area (Å²) in [5.41, 5.74) is -0.760. The summed E-state index contributed by atoms with van der Waals surface area (Å²) in [6.45, 7) is 5.05. The molecular weight excluding hydrogens is 212 g/mol. The molecule has 1 unspecified atom stereocenters. The van der Waals surface area contributed by atoms with Gasteiger partial charge in [-0.25, -0.2) is 0 Å². The number of hydrogen-bond acceptors (Lipinski definition) is 4. The van der Waals surface area contributed by atoms with Gasteiger partial charge in [-0.15, -0.1) is 0 Å². The molecule has 0 aromatic carbocycles. The van der Waals surface area contributed by atoms with E-state index in [-0.39, 0.29) is 12.3 Å². The molecule has 0 aromatic heterocycles. The number of rotatable bonds is 4. The Balaban J connectivity index is 2.45. The molecule has 1 heterocycles. The Morgan fingerprint density at radius 2 is 2.25 bits per heavy atom. The minimum atomic E-state index is -0.937. The highest BCUT2D eigenvalue weighted by molar-refractivity contribution is 5.82. The number of aliphatic carboxylic acids is 1. The monoisotopic (exact) mass is 230 g/mol. The predicted molar refractivity (Wildman–Crippen MR) is 57.1 cm³/mol. The maximum absolute atomic E-state index is 11.7. The van der Waals surface area contributed by atoms with Gasteiger partial charge in [0, 0.05) is 18.6 Å². The van der Waals surface area contributed by atoms with E-state index in [4.69, 9.17) is 9.84 Å². The van der Waals surface area contributed by atoms with E-state index in [9.17, 15) is 9.59 Å². The number of ether oxygens (including phenoxy) is 1. The number of hydrogen-bond donors (Lipinski definition) is 3. The van der Waals surface area contributed by atoms with E-state index in [0.29, 0.717) is 13.2 Å². The van der Waals surface area contributed by atoms with Crippen molar-refractivity contribution in [3.63, 3.8) is 0 Å². The van der Waals surface area contributed by atoms with Crippen LogP contribution >= 0.6 is 0 Å². The van der Waals surface area contributed by atoms with Gasteiger partial charge in [-0.05, 0) is 13.8 Å². The van der Waals surface area contributed by atoms with Crippen LogP contribution in [-0.2, 0) is 14.3 Å². The van der Waals surface area contributed by atoms with Crippen LogP contribution in [-0.4, -0.2) is 48.3 Å². The Labute approximate surface area is 94.3 Å². The number of carboxylic acids is 1. The molecule has 92 valence electrons. The van der Waals surface area contributed by atoms with Gasteiger partial charge in [-0.3, -0.25) is 9.59 Å². The second-order valence-corrected chi connectivity index (χ2v) is 4.51. The van der Waals surface area contributed by atoms with Crippen molar-refractivity contribution in [3.05, 3.63) is 0 Å². The van der Waals surface area contributed by atoms with Crippen LogP contribution in [0.1, 0.15) is 20.3 Å². The van der Waals surface area contributed by atoms with E-state index < -0.39 is 17.6 Å². The lowest BCUT2D eigenvalue weighted by Gasteiger charge is -2.29. The molecule has 1 aliphatic heterocycles. The maximum Gasteiger partial charge on any atom is 0.305 e. The van der Waals surface area contributed by atoms with Gasteiger partial charge in [-0.2, -0.15) is 0 Å². The number of morpholine rings is 1. The van der Waals surface area contributed by atoms with Crippen molar-refractivity contribution in [2.75, 3.05) is 19.7 Å². The fraction of sp³-hybridized carbons (Fsp3) is 0.800. The number of carbonyl (C=O) groups excluding carboxylic acids is 1. The Morgan fingerprint density at radius 3 is 2.75 bits per heavy atom. The average Bonchev–Trinajstić information content (AvgIpc) is 2.16.